The average Bonchev–Trinajstić information content (AvgIpc) is 2.66. The van der Waals surface area contributed by atoms with E-state index >= 15 is 0 Å². The van der Waals surface area contributed by atoms with E-state index in [1.807, 2.05) is 35.2 Å². The van der Waals surface area contributed by atoms with Crippen LogP contribution in [0.2, 0.25) is 0 Å². The van der Waals surface area contributed by atoms with Crippen LogP contribution >= 0.6 is 0 Å². The summed E-state index contributed by atoms with van der Waals surface area (Å²) in [6.07, 6.45) is 2.61. The molecule has 2 fully saturated rings. The van der Waals surface area contributed by atoms with Crippen molar-refractivity contribution in [1.82, 2.24) is 15.1 Å². The van der Waals surface area contributed by atoms with Gasteiger partial charge in [0.1, 0.15) is 11.9 Å². The lowest BCUT2D eigenvalue weighted by atomic mass is 10.0. The van der Waals surface area contributed by atoms with Crippen molar-refractivity contribution in [3.8, 4) is 5.75 Å². The van der Waals surface area contributed by atoms with Crippen LogP contribution in [0.5, 0.6) is 5.75 Å². The van der Waals surface area contributed by atoms with Gasteiger partial charge in [0.2, 0.25) is 11.8 Å². The summed E-state index contributed by atoms with van der Waals surface area (Å²) in [6, 6.07) is 9.66. The summed E-state index contributed by atoms with van der Waals surface area (Å²) in [5, 5.41) is 3.28. The number of carbonyl (C=O) groups excluding carboxylic acids is 2. The molecule has 6 heteroatoms. The van der Waals surface area contributed by atoms with E-state index in [-0.39, 0.29) is 30.5 Å². The minimum atomic E-state index is -0.156. The Hall–Kier alpha value is -2.08. The molecule has 2 amide bonds. The number of ether oxygens (including phenoxy) is 1. The lowest BCUT2D eigenvalue weighted by Gasteiger charge is -2.36. The van der Waals surface area contributed by atoms with Crippen molar-refractivity contribution in [2.45, 2.75) is 45.3 Å². The molecule has 0 bridgehead atoms. The van der Waals surface area contributed by atoms with Gasteiger partial charge in [0.05, 0.1) is 12.6 Å². The highest BCUT2D eigenvalue weighted by molar-refractivity contribution is 5.88. The zero-order valence-electron chi connectivity index (χ0n) is 16.4. The number of benzene rings is 1. The van der Waals surface area contributed by atoms with Gasteiger partial charge in [0.25, 0.3) is 0 Å². The first-order valence-corrected chi connectivity index (χ1v) is 10.0. The van der Waals surface area contributed by atoms with Crippen LogP contribution in [-0.2, 0) is 9.59 Å². The lowest BCUT2D eigenvalue weighted by Crippen LogP contribution is -2.58. The van der Waals surface area contributed by atoms with Gasteiger partial charge >= 0.3 is 0 Å². The maximum atomic E-state index is 12.7. The van der Waals surface area contributed by atoms with E-state index in [0.717, 1.165) is 31.6 Å². The molecule has 2 saturated heterocycles. The van der Waals surface area contributed by atoms with E-state index in [1.165, 1.54) is 0 Å². The smallest absolute Gasteiger partial charge is 0.242 e. The zero-order valence-corrected chi connectivity index (χ0v) is 16.4. The SMILES string of the molecule is CC(C)CC1NCCN(CC(=O)N2CCC(Oc3ccccc3)CC2)C1=O. The number of piperazine rings is 1. The number of rotatable bonds is 6. The third-order valence-electron chi connectivity index (χ3n) is 5.26. The molecule has 3 rings (SSSR count). The first-order chi connectivity index (χ1) is 13.0. The molecule has 1 aromatic rings. The van der Waals surface area contributed by atoms with E-state index in [4.69, 9.17) is 4.74 Å². The van der Waals surface area contributed by atoms with Crippen molar-refractivity contribution < 1.29 is 14.3 Å². The summed E-state index contributed by atoms with van der Waals surface area (Å²) >= 11 is 0. The first-order valence-electron chi connectivity index (χ1n) is 10.0. The van der Waals surface area contributed by atoms with Gasteiger partial charge in [-0.2, -0.15) is 0 Å². The van der Waals surface area contributed by atoms with Crippen LogP contribution in [0.1, 0.15) is 33.1 Å². The van der Waals surface area contributed by atoms with Crippen molar-refractivity contribution in [2.75, 3.05) is 32.7 Å². The Balaban J connectivity index is 1.46. The van der Waals surface area contributed by atoms with Crippen LogP contribution in [0.4, 0.5) is 0 Å². The Kier molecular flexibility index (Phi) is 6.72. The average molecular weight is 373 g/mol. The predicted octanol–water partition coefficient (Wildman–Crippen LogP) is 1.90. The Labute approximate surface area is 161 Å². The van der Waals surface area contributed by atoms with Gasteiger partial charge in [-0.1, -0.05) is 32.0 Å². The molecular weight excluding hydrogens is 342 g/mol. The molecule has 0 aliphatic carbocycles. The monoisotopic (exact) mass is 373 g/mol. The highest BCUT2D eigenvalue weighted by atomic mass is 16.5. The van der Waals surface area contributed by atoms with Crippen molar-refractivity contribution in [3.05, 3.63) is 30.3 Å². The summed E-state index contributed by atoms with van der Waals surface area (Å²) in [4.78, 5) is 28.9. The number of carbonyl (C=O) groups is 2. The van der Waals surface area contributed by atoms with Crippen molar-refractivity contribution in [1.29, 1.82) is 0 Å². The molecule has 2 aliphatic rings. The summed E-state index contributed by atoms with van der Waals surface area (Å²) in [6.45, 7) is 7.15. The van der Waals surface area contributed by atoms with Gasteiger partial charge in [-0.25, -0.2) is 0 Å². The minimum absolute atomic E-state index is 0.0479. The molecular formula is C21H31N3O3. The van der Waals surface area contributed by atoms with E-state index < -0.39 is 0 Å². The number of piperidine rings is 1. The minimum Gasteiger partial charge on any atom is -0.490 e. The summed E-state index contributed by atoms with van der Waals surface area (Å²) in [5.74, 6) is 1.44. The normalized spacial score (nSPS) is 21.6. The number of amides is 2. The predicted molar refractivity (Wildman–Crippen MR) is 104 cm³/mol. The lowest BCUT2D eigenvalue weighted by molar-refractivity contribution is -0.144. The molecule has 2 heterocycles. The molecule has 1 aromatic carbocycles. The largest absolute Gasteiger partial charge is 0.490 e. The van der Waals surface area contributed by atoms with Gasteiger partial charge in [-0.15, -0.1) is 0 Å². The topological polar surface area (TPSA) is 61.9 Å². The number of likely N-dealkylation sites (tertiary alicyclic amines) is 1. The molecule has 148 valence electrons. The number of hydrogen-bond acceptors (Lipinski definition) is 4. The molecule has 0 radical (unpaired) electrons. The summed E-state index contributed by atoms with van der Waals surface area (Å²) in [5.41, 5.74) is 0. The van der Waals surface area contributed by atoms with Crippen LogP contribution in [-0.4, -0.2) is 66.5 Å². The van der Waals surface area contributed by atoms with Crippen LogP contribution in [0, 0.1) is 5.92 Å². The summed E-state index contributed by atoms with van der Waals surface area (Å²) < 4.78 is 5.99. The Morgan fingerprint density at radius 1 is 1.19 bits per heavy atom. The molecule has 1 N–H and O–H groups in total. The number of nitrogens with one attached hydrogen (secondary N) is 1. The fourth-order valence-corrected chi connectivity index (χ4v) is 3.78. The van der Waals surface area contributed by atoms with E-state index in [1.54, 1.807) is 4.90 Å². The van der Waals surface area contributed by atoms with Gasteiger partial charge in [-0.3, -0.25) is 9.59 Å². The standard InChI is InChI=1S/C21H31N3O3/c1-16(2)14-19-21(26)24(13-10-22-19)15-20(25)23-11-8-18(9-12-23)27-17-6-4-3-5-7-17/h3-7,16,18-19,22H,8-15H2,1-2H3. The number of nitrogens with zero attached hydrogens (tertiary/aromatic N) is 2. The van der Waals surface area contributed by atoms with Gasteiger partial charge in [0.15, 0.2) is 0 Å². The van der Waals surface area contributed by atoms with Crippen LogP contribution in [0.15, 0.2) is 30.3 Å². The Bertz CT molecular complexity index is 627. The quantitative estimate of drug-likeness (QED) is 0.827. The molecule has 0 aromatic heterocycles. The van der Waals surface area contributed by atoms with Crippen molar-refractivity contribution >= 4 is 11.8 Å². The second-order valence-electron chi connectivity index (χ2n) is 7.91. The van der Waals surface area contributed by atoms with Gasteiger partial charge < -0.3 is 19.9 Å². The number of hydrogen-bond donors (Lipinski definition) is 1. The van der Waals surface area contributed by atoms with Crippen LogP contribution < -0.4 is 10.1 Å². The third kappa shape index (κ3) is 5.45. The van der Waals surface area contributed by atoms with Crippen molar-refractivity contribution in [3.63, 3.8) is 0 Å². The Morgan fingerprint density at radius 3 is 2.56 bits per heavy atom. The maximum Gasteiger partial charge on any atom is 0.242 e. The fraction of sp³-hybridized carbons (Fsp3) is 0.619. The van der Waals surface area contributed by atoms with Crippen molar-refractivity contribution in [2.24, 2.45) is 5.92 Å². The van der Waals surface area contributed by atoms with E-state index in [2.05, 4.69) is 19.2 Å². The molecule has 6 nitrogen and oxygen atoms in total. The summed E-state index contributed by atoms with van der Waals surface area (Å²) in [7, 11) is 0. The molecule has 0 saturated carbocycles. The molecule has 0 spiro atoms. The second-order valence-corrected chi connectivity index (χ2v) is 7.91. The zero-order chi connectivity index (χ0) is 19.2. The molecule has 1 atom stereocenters. The number of para-hydroxylation sites is 1. The van der Waals surface area contributed by atoms with Crippen LogP contribution in [0.3, 0.4) is 0 Å². The molecule has 27 heavy (non-hydrogen) atoms. The fourth-order valence-electron chi connectivity index (χ4n) is 3.78. The highest BCUT2D eigenvalue weighted by Crippen LogP contribution is 2.19. The maximum absolute atomic E-state index is 12.7. The Morgan fingerprint density at radius 2 is 1.89 bits per heavy atom. The molecule has 1 unspecified atom stereocenters. The van der Waals surface area contributed by atoms with Gasteiger partial charge in [0, 0.05) is 39.0 Å². The first kappa shape index (κ1) is 19.7. The molecule has 2 aliphatic heterocycles. The van der Waals surface area contributed by atoms with E-state index in [9.17, 15) is 9.59 Å². The third-order valence-corrected chi connectivity index (χ3v) is 5.26. The van der Waals surface area contributed by atoms with E-state index in [0.29, 0.717) is 25.6 Å². The van der Waals surface area contributed by atoms with Crippen LogP contribution in [0.25, 0.3) is 0 Å². The van der Waals surface area contributed by atoms with Gasteiger partial charge in [-0.05, 0) is 24.5 Å². The highest BCUT2D eigenvalue weighted by Gasteiger charge is 2.32. The second kappa shape index (κ2) is 9.22.